The van der Waals surface area contributed by atoms with Crippen LogP contribution in [0.4, 0.5) is 0 Å². The summed E-state index contributed by atoms with van der Waals surface area (Å²) in [5.74, 6) is -2.09. The predicted octanol–water partition coefficient (Wildman–Crippen LogP) is 14.3. The number of hydrogen-bond donors (Lipinski definition) is 1. The quantitative estimate of drug-likeness (QED) is 0.0212. The number of nitrogens with zero attached hydrogens (tertiary/aromatic N) is 1. The Bertz CT molecular complexity index is 1550. The van der Waals surface area contributed by atoms with Gasteiger partial charge in [0.1, 0.15) is 13.2 Å². The highest BCUT2D eigenvalue weighted by Crippen LogP contribution is 2.11. The van der Waals surface area contributed by atoms with Gasteiger partial charge >= 0.3 is 17.9 Å². The van der Waals surface area contributed by atoms with Gasteiger partial charge in [-0.1, -0.05) is 180 Å². The molecule has 0 aliphatic carbocycles. The van der Waals surface area contributed by atoms with Gasteiger partial charge < -0.3 is 28.5 Å². The molecule has 0 aliphatic heterocycles. The van der Waals surface area contributed by atoms with Crippen molar-refractivity contribution in [3.05, 3.63) is 134 Å². The summed E-state index contributed by atoms with van der Waals surface area (Å²) in [4.78, 5) is 36.8. The fourth-order valence-electron chi connectivity index (χ4n) is 6.01. The minimum atomic E-state index is -1.52. The number of carbonyl (C=O) groups excluding carboxylic acids is 2. The Balaban J connectivity index is 4.18. The zero-order valence-electron chi connectivity index (χ0n) is 42.5. The van der Waals surface area contributed by atoms with Crippen molar-refractivity contribution in [1.82, 2.24) is 0 Å². The Morgan fingerprint density at radius 3 is 1.25 bits per heavy atom. The zero-order valence-corrected chi connectivity index (χ0v) is 42.5. The Labute approximate surface area is 408 Å². The van der Waals surface area contributed by atoms with Crippen LogP contribution in [0.2, 0.25) is 0 Å². The van der Waals surface area contributed by atoms with Crippen molar-refractivity contribution in [3.63, 3.8) is 0 Å². The maximum Gasteiger partial charge on any atom is 0.361 e. The highest BCUT2D eigenvalue weighted by atomic mass is 16.7. The molecule has 67 heavy (non-hydrogen) atoms. The lowest BCUT2D eigenvalue weighted by Crippen LogP contribution is -2.40. The molecule has 9 nitrogen and oxygen atoms in total. The van der Waals surface area contributed by atoms with E-state index in [1.165, 1.54) is 0 Å². The molecule has 0 spiro atoms. The van der Waals surface area contributed by atoms with E-state index >= 15 is 0 Å². The molecule has 0 amide bonds. The van der Waals surface area contributed by atoms with Crippen LogP contribution in [-0.4, -0.2) is 87.4 Å². The van der Waals surface area contributed by atoms with E-state index in [4.69, 9.17) is 18.9 Å². The fraction of sp³-hybridized carbons (Fsp3) is 0.569. The third-order valence-electron chi connectivity index (χ3n) is 9.92. The number of likely N-dealkylation sites (N-methyl/N-ethyl adjacent to an activating group) is 1. The summed E-state index contributed by atoms with van der Waals surface area (Å²) >= 11 is 0. The molecule has 0 saturated carbocycles. The molecule has 0 rings (SSSR count). The number of quaternary nitrogens is 1. The molecular formula is C58H92NO8+. The van der Waals surface area contributed by atoms with Crippen LogP contribution >= 0.6 is 0 Å². The van der Waals surface area contributed by atoms with Crippen molar-refractivity contribution >= 4 is 17.9 Å². The molecule has 9 heteroatoms. The molecule has 0 saturated heterocycles. The average molecular weight is 931 g/mol. The summed E-state index contributed by atoms with van der Waals surface area (Å²) in [5.41, 5.74) is 0. The van der Waals surface area contributed by atoms with E-state index < -0.39 is 24.3 Å². The molecule has 0 aliphatic rings. The van der Waals surface area contributed by atoms with Crippen LogP contribution in [0.25, 0.3) is 0 Å². The Hall–Kier alpha value is -4.57. The van der Waals surface area contributed by atoms with Crippen LogP contribution in [0.5, 0.6) is 0 Å². The first-order chi connectivity index (χ1) is 32.6. The van der Waals surface area contributed by atoms with E-state index in [0.29, 0.717) is 17.4 Å². The standard InChI is InChI=1S/C58H91NO8/c1-6-8-10-12-13-14-15-16-17-18-19-20-21-22-23-24-25-26-27-28-29-30-31-32-33-34-35-36-37-38-39-40-41-42-43-45-47-49-56(61)67-54(52-65-55(60)48-46-44-11-9-7-2)53-66-58(57(62)63)64-51-50-59(3,4)5/h8,10,13-14,16-17,19-20,22-23,25-26,28-29,31-32,34-35,37-38,40-41,54,58H,6-7,9,11-12,15,18,21,24,27,30,33,36,39,42-53H2,1-5H3/p+1/b10-8-,14-13-,17-16-,20-19-,23-22-,26-25-,29-28-,32-31-,35-34-,38-37-,41-40-. The molecule has 0 aromatic carbocycles. The Morgan fingerprint density at radius 2 is 0.851 bits per heavy atom. The zero-order chi connectivity index (χ0) is 49.2. The highest BCUT2D eigenvalue weighted by Gasteiger charge is 2.25. The molecule has 0 aromatic heterocycles. The minimum absolute atomic E-state index is 0.174. The molecular weight excluding hydrogens is 839 g/mol. The van der Waals surface area contributed by atoms with Crippen molar-refractivity contribution in [2.45, 2.75) is 167 Å². The summed E-state index contributed by atoms with van der Waals surface area (Å²) in [7, 11) is 5.92. The molecule has 0 heterocycles. The number of unbranched alkanes of at least 4 members (excludes halogenated alkanes) is 7. The molecule has 0 bridgehead atoms. The molecule has 0 fully saturated rings. The van der Waals surface area contributed by atoms with Gasteiger partial charge in [0.05, 0.1) is 34.4 Å². The van der Waals surface area contributed by atoms with Gasteiger partial charge in [0.15, 0.2) is 6.10 Å². The largest absolute Gasteiger partial charge is 0.477 e. The number of carboxylic acid groups (broad SMARTS) is 1. The van der Waals surface area contributed by atoms with Crippen LogP contribution in [0.3, 0.4) is 0 Å². The first kappa shape index (κ1) is 62.4. The highest BCUT2D eigenvalue weighted by molar-refractivity contribution is 5.71. The predicted molar refractivity (Wildman–Crippen MR) is 281 cm³/mol. The van der Waals surface area contributed by atoms with Crippen molar-refractivity contribution in [2.24, 2.45) is 0 Å². The van der Waals surface area contributed by atoms with E-state index in [1.54, 1.807) is 0 Å². The SMILES string of the molecule is CC/C=C\C/C=C\C/C=C\C/C=C\C/C=C\C/C=C\C/C=C\C/C=C\C/C=C\C/C=C\C/C=C\CCCCCC(=O)OC(COC(=O)CCCCCCC)COC(OCC[N+](C)(C)C)C(=O)O. The molecule has 2 unspecified atom stereocenters. The monoisotopic (exact) mass is 931 g/mol. The number of ether oxygens (including phenoxy) is 4. The number of carboxylic acids is 1. The van der Waals surface area contributed by atoms with E-state index in [2.05, 4.69) is 148 Å². The number of hydrogen-bond acceptors (Lipinski definition) is 7. The first-order valence-electron chi connectivity index (χ1n) is 25.3. The lowest BCUT2D eigenvalue weighted by atomic mass is 10.1. The van der Waals surface area contributed by atoms with Crippen molar-refractivity contribution in [3.8, 4) is 0 Å². The van der Waals surface area contributed by atoms with Gasteiger partial charge in [-0.05, 0) is 96.3 Å². The number of carbonyl (C=O) groups is 3. The molecule has 376 valence electrons. The molecule has 2 atom stereocenters. The Morgan fingerprint density at radius 1 is 0.463 bits per heavy atom. The van der Waals surface area contributed by atoms with Crippen molar-refractivity contribution < 1.29 is 42.9 Å². The van der Waals surface area contributed by atoms with Gasteiger partial charge in [-0.15, -0.1) is 0 Å². The van der Waals surface area contributed by atoms with Crippen LogP contribution in [0, 0.1) is 0 Å². The second kappa shape index (κ2) is 47.9. The van der Waals surface area contributed by atoms with E-state index in [1.807, 2.05) is 21.1 Å². The molecule has 0 radical (unpaired) electrons. The van der Waals surface area contributed by atoms with Crippen molar-refractivity contribution in [1.29, 1.82) is 0 Å². The lowest BCUT2D eigenvalue weighted by molar-refractivity contribution is -0.870. The normalized spacial score (nSPS) is 14.0. The van der Waals surface area contributed by atoms with E-state index in [0.717, 1.165) is 122 Å². The van der Waals surface area contributed by atoms with Crippen LogP contribution in [-0.2, 0) is 33.3 Å². The minimum Gasteiger partial charge on any atom is -0.477 e. The summed E-state index contributed by atoms with van der Waals surface area (Å²) in [6.45, 7) is 4.58. The van der Waals surface area contributed by atoms with Gasteiger partial charge in [-0.25, -0.2) is 4.79 Å². The molecule has 0 aromatic rings. The van der Waals surface area contributed by atoms with Crippen molar-refractivity contribution in [2.75, 3.05) is 47.5 Å². The summed E-state index contributed by atoms with van der Waals surface area (Å²) in [5, 5.41) is 9.59. The van der Waals surface area contributed by atoms with E-state index in [-0.39, 0.29) is 38.6 Å². The van der Waals surface area contributed by atoms with Gasteiger partial charge in [-0.3, -0.25) is 9.59 Å². The van der Waals surface area contributed by atoms with Gasteiger partial charge in [0.25, 0.3) is 6.29 Å². The maximum atomic E-state index is 12.7. The average Bonchev–Trinajstić information content (AvgIpc) is 3.29. The second-order valence-electron chi connectivity index (χ2n) is 17.4. The fourth-order valence-corrected chi connectivity index (χ4v) is 6.01. The Kier molecular flexibility index (Phi) is 44.6. The maximum absolute atomic E-state index is 12.7. The third kappa shape index (κ3) is 49.2. The topological polar surface area (TPSA) is 108 Å². The lowest BCUT2D eigenvalue weighted by Gasteiger charge is -2.25. The first-order valence-corrected chi connectivity index (χ1v) is 25.3. The summed E-state index contributed by atoms with van der Waals surface area (Å²) in [6.07, 6.45) is 65.9. The van der Waals surface area contributed by atoms with Gasteiger partial charge in [0.2, 0.25) is 0 Å². The number of rotatable bonds is 44. The second-order valence-corrected chi connectivity index (χ2v) is 17.4. The number of aliphatic carboxylic acids is 1. The summed E-state index contributed by atoms with van der Waals surface area (Å²) in [6, 6.07) is 0. The smallest absolute Gasteiger partial charge is 0.361 e. The van der Waals surface area contributed by atoms with Gasteiger partial charge in [-0.2, -0.15) is 0 Å². The van der Waals surface area contributed by atoms with E-state index in [9.17, 15) is 19.5 Å². The summed E-state index contributed by atoms with van der Waals surface area (Å²) < 4.78 is 22.5. The van der Waals surface area contributed by atoms with Crippen LogP contribution < -0.4 is 0 Å². The van der Waals surface area contributed by atoms with Gasteiger partial charge in [0, 0.05) is 12.8 Å². The van der Waals surface area contributed by atoms with Crippen LogP contribution in [0.1, 0.15) is 155 Å². The number of allylic oxidation sites excluding steroid dienone is 22. The van der Waals surface area contributed by atoms with Crippen LogP contribution in [0.15, 0.2) is 134 Å². The molecule has 1 N–H and O–H groups in total. The third-order valence-corrected chi connectivity index (χ3v) is 9.92. The number of esters is 2.